The Morgan fingerprint density at radius 1 is 1.26 bits per heavy atom. The van der Waals surface area contributed by atoms with Crippen LogP contribution in [0, 0.1) is 5.92 Å². The minimum absolute atomic E-state index is 0.105. The summed E-state index contributed by atoms with van der Waals surface area (Å²) in [6.45, 7) is 0.918. The predicted octanol–water partition coefficient (Wildman–Crippen LogP) is 3.47. The van der Waals surface area contributed by atoms with Gasteiger partial charge in [0.25, 0.3) is 0 Å². The summed E-state index contributed by atoms with van der Waals surface area (Å²) in [6.07, 6.45) is 4.02. The summed E-state index contributed by atoms with van der Waals surface area (Å²) in [5.41, 5.74) is 2.00. The Morgan fingerprint density at radius 3 is 2.61 bits per heavy atom. The molecule has 1 aromatic carbocycles. The fraction of sp³-hybridized carbons (Fsp3) is 0.294. The minimum Gasteiger partial charge on any atom is -0.489 e. The van der Waals surface area contributed by atoms with Crippen molar-refractivity contribution in [1.82, 2.24) is 10.3 Å². The number of carbonyl (C=O) groups excluding carboxylic acids is 1. The van der Waals surface area contributed by atoms with E-state index in [2.05, 4.69) is 10.3 Å². The first-order chi connectivity index (χ1) is 11.0. The second-order valence-electron chi connectivity index (χ2n) is 5.53. The van der Waals surface area contributed by atoms with Crippen molar-refractivity contribution in [2.45, 2.75) is 23.9 Å². The molecule has 0 saturated heterocycles. The smallest absolute Gasteiger partial charge is 0.226 e. The lowest BCUT2D eigenvalue weighted by Crippen LogP contribution is -2.26. The van der Waals surface area contributed by atoms with Gasteiger partial charge in [-0.15, -0.1) is 23.2 Å². The van der Waals surface area contributed by atoms with E-state index < -0.39 is 4.33 Å². The van der Waals surface area contributed by atoms with Gasteiger partial charge in [-0.25, -0.2) is 0 Å². The number of nitrogens with zero attached hydrogens (tertiary/aromatic N) is 1. The van der Waals surface area contributed by atoms with Crippen LogP contribution in [0.2, 0.25) is 0 Å². The number of benzene rings is 1. The number of amides is 1. The zero-order valence-corrected chi connectivity index (χ0v) is 13.8. The van der Waals surface area contributed by atoms with Gasteiger partial charge in [-0.2, -0.15) is 0 Å². The summed E-state index contributed by atoms with van der Waals surface area (Å²) in [5, 5.41) is 2.84. The Labute approximate surface area is 144 Å². The molecule has 120 valence electrons. The second kappa shape index (κ2) is 6.77. The van der Waals surface area contributed by atoms with E-state index in [1.165, 1.54) is 0 Å². The Balaban J connectivity index is 1.46. The highest BCUT2D eigenvalue weighted by Crippen LogP contribution is 2.53. The number of hydrogen-bond donors (Lipinski definition) is 1. The lowest BCUT2D eigenvalue weighted by Gasteiger charge is -2.08. The Morgan fingerprint density at radius 2 is 2.00 bits per heavy atom. The van der Waals surface area contributed by atoms with Crippen molar-refractivity contribution < 1.29 is 9.53 Å². The molecule has 1 heterocycles. The SMILES string of the molecule is O=C(NCc1ccc(OCc2cccnc2)cc1)C1CC1(Cl)Cl. The zero-order valence-electron chi connectivity index (χ0n) is 12.3. The molecule has 1 aliphatic rings. The first-order valence-electron chi connectivity index (χ1n) is 7.31. The van der Waals surface area contributed by atoms with Crippen molar-refractivity contribution in [1.29, 1.82) is 0 Å². The topological polar surface area (TPSA) is 51.2 Å². The van der Waals surface area contributed by atoms with Crippen LogP contribution in [0.4, 0.5) is 0 Å². The molecule has 1 aromatic heterocycles. The number of halogens is 2. The van der Waals surface area contributed by atoms with Gasteiger partial charge in [0.05, 0.1) is 5.92 Å². The second-order valence-corrected chi connectivity index (χ2v) is 7.07. The van der Waals surface area contributed by atoms with Gasteiger partial charge in [0.15, 0.2) is 0 Å². The maximum absolute atomic E-state index is 11.8. The van der Waals surface area contributed by atoms with E-state index in [9.17, 15) is 4.79 Å². The van der Waals surface area contributed by atoms with Crippen LogP contribution in [-0.4, -0.2) is 15.2 Å². The number of pyridine rings is 1. The summed E-state index contributed by atoms with van der Waals surface area (Å²) in [7, 11) is 0. The number of carbonyl (C=O) groups is 1. The van der Waals surface area contributed by atoms with Crippen molar-refractivity contribution in [3.05, 3.63) is 59.9 Å². The molecule has 1 unspecified atom stereocenters. The molecule has 0 bridgehead atoms. The highest BCUT2D eigenvalue weighted by molar-refractivity contribution is 6.52. The molecule has 0 spiro atoms. The maximum atomic E-state index is 11.8. The Kier molecular flexibility index (Phi) is 4.74. The van der Waals surface area contributed by atoms with Crippen molar-refractivity contribution in [2.75, 3.05) is 0 Å². The summed E-state index contributed by atoms with van der Waals surface area (Å²) in [4.78, 5) is 15.9. The van der Waals surface area contributed by atoms with E-state index >= 15 is 0 Å². The number of rotatable bonds is 6. The molecule has 23 heavy (non-hydrogen) atoms. The van der Waals surface area contributed by atoms with Gasteiger partial charge in [0.1, 0.15) is 16.7 Å². The Bertz CT molecular complexity index is 675. The summed E-state index contributed by atoms with van der Waals surface area (Å²) < 4.78 is 4.81. The average molecular weight is 351 g/mol. The number of nitrogens with one attached hydrogen (secondary N) is 1. The molecule has 1 fully saturated rings. The van der Waals surface area contributed by atoms with Gasteiger partial charge in [0.2, 0.25) is 5.91 Å². The normalized spacial score (nSPS) is 18.3. The molecule has 1 saturated carbocycles. The number of aromatic nitrogens is 1. The molecule has 1 aliphatic carbocycles. The van der Waals surface area contributed by atoms with E-state index in [0.717, 1.165) is 16.9 Å². The van der Waals surface area contributed by atoms with Crippen LogP contribution >= 0.6 is 23.2 Å². The van der Waals surface area contributed by atoms with Gasteiger partial charge in [-0.3, -0.25) is 9.78 Å². The minimum atomic E-state index is -0.881. The molecule has 1 amide bonds. The molecule has 6 heteroatoms. The fourth-order valence-corrected chi connectivity index (χ4v) is 2.67. The maximum Gasteiger partial charge on any atom is 0.226 e. The molecule has 3 rings (SSSR count). The van der Waals surface area contributed by atoms with Crippen LogP contribution in [0.5, 0.6) is 5.75 Å². The van der Waals surface area contributed by atoms with Gasteiger partial charge >= 0.3 is 0 Å². The van der Waals surface area contributed by atoms with E-state index in [-0.39, 0.29) is 11.8 Å². The fourth-order valence-electron chi connectivity index (χ4n) is 2.16. The zero-order chi connectivity index (χ0) is 16.3. The molecule has 1 N–H and O–H groups in total. The van der Waals surface area contributed by atoms with Crippen LogP contribution in [0.1, 0.15) is 17.5 Å². The number of hydrogen-bond acceptors (Lipinski definition) is 3. The average Bonchev–Trinajstić information content (AvgIpc) is 3.21. The number of ether oxygens (including phenoxy) is 1. The lowest BCUT2D eigenvalue weighted by atomic mass is 10.2. The number of alkyl halides is 2. The van der Waals surface area contributed by atoms with Crippen LogP contribution in [0.3, 0.4) is 0 Å². The summed E-state index contributed by atoms with van der Waals surface area (Å²) >= 11 is 11.7. The predicted molar refractivity (Wildman–Crippen MR) is 89.4 cm³/mol. The lowest BCUT2D eigenvalue weighted by molar-refractivity contribution is -0.122. The van der Waals surface area contributed by atoms with Crippen molar-refractivity contribution in [3.8, 4) is 5.75 Å². The van der Waals surface area contributed by atoms with Gasteiger partial charge in [-0.1, -0.05) is 18.2 Å². The standard InChI is InChI=1S/C17H16Cl2N2O2/c18-17(19)8-15(17)16(22)21-10-12-3-5-14(6-4-12)23-11-13-2-1-7-20-9-13/h1-7,9,15H,8,10-11H2,(H,21,22). The van der Waals surface area contributed by atoms with E-state index in [4.69, 9.17) is 27.9 Å². The molecule has 2 aromatic rings. The highest BCUT2D eigenvalue weighted by atomic mass is 35.5. The third-order valence-corrected chi connectivity index (χ3v) is 4.50. The highest BCUT2D eigenvalue weighted by Gasteiger charge is 2.56. The van der Waals surface area contributed by atoms with Gasteiger partial charge in [-0.05, 0) is 30.2 Å². The van der Waals surface area contributed by atoms with Crippen LogP contribution < -0.4 is 10.1 Å². The Hall–Kier alpha value is -1.78. The molecule has 0 aliphatic heterocycles. The van der Waals surface area contributed by atoms with Crippen LogP contribution in [0.15, 0.2) is 48.8 Å². The summed E-state index contributed by atoms with van der Waals surface area (Å²) in [5.74, 6) is 0.367. The molecule has 4 nitrogen and oxygen atoms in total. The first kappa shape index (κ1) is 16.1. The van der Waals surface area contributed by atoms with Crippen LogP contribution in [-0.2, 0) is 17.9 Å². The van der Waals surface area contributed by atoms with E-state index in [0.29, 0.717) is 19.6 Å². The van der Waals surface area contributed by atoms with Gasteiger partial charge < -0.3 is 10.1 Å². The largest absolute Gasteiger partial charge is 0.489 e. The van der Waals surface area contributed by atoms with E-state index in [1.807, 2.05) is 36.4 Å². The third kappa shape index (κ3) is 4.36. The van der Waals surface area contributed by atoms with Crippen molar-refractivity contribution in [2.24, 2.45) is 5.92 Å². The third-order valence-electron chi connectivity index (χ3n) is 3.66. The molecule has 0 radical (unpaired) electrons. The van der Waals surface area contributed by atoms with Gasteiger partial charge in [0, 0.05) is 24.5 Å². The van der Waals surface area contributed by atoms with Crippen molar-refractivity contribution >= 4 is 29.1 Å². The molecular weight excluding hydrogens is 335 g/mol. The first-order valence-corrected chi connectivity index (χ1v) is 8.06. The molecular formula is C17H16Cl2N2O2. The summed E-state index contributed by atoms with van der Waals surface area (Å²) in [6, 6.07) is 11.4. The van der Waals surface area contributed by atoms with E-state index in [1.54, 1.807) is 12.4 Å². The monoisotopic (exact) mass is 350 g/mol. The molecule has 1 atom stereocenters. The quantitative estimate of drug-likeness (QED) is 0.811. The van der Waals surface area contributed by atoms with Crippen molar-refractivity contribution in [3.63, 3.8) is 0 Å². The van der Waals surface area contributed by atoms with Crippen LogP contribution in [0.25, 0.3) is 0 Å².